The normalized spacial score (nSPS) is 26.9. The molecule has 2 aliphatic rings. The Morgan fingerprint density at radius 3 is 2.59 bits per heavy atom. The maximum atomic E-state index is 8.90. The largest absolute Gasteiger partial charge is 0.371 e. The molecule has 0 saturated carbocycles. The van der Waals surface area contributed by atoms with Crippen LogP contribution in [0.3, 0.4) is 0 Å². The number of halogens is 1. The number of nitriles is 1. The van der Waals surface area contributed by atoms with Gasteiger partial charge in [0.15, 0.2) is 0 Å². The van der Waals surface area contributed by atoms with Crippen LogP contribution in [-0.4, -0.2) is 26.2 Å². The monoisotopic (exact) mass is 291 g/mol. The standard InChI is InChI=1S/C13H14BrN3/c14-13-3-12(2-1-9(13)4-15)17-7-10-5-16-6-11(10)8-17/h1-3,10-11,16H,5-8H2/t10-,11+. The average molecular weight is 292 g/mol. The summed E-state index contributed by atoms with van der Waals surface area (Å²) in [6, 6.07) is 8.19. The van der Waals surface area contributed by atoms with Gasteiger partial charge >= 0.3 is 0 Å². The summed E-state index contributed by atoms with van der Waals surface area (Å²) in [5.41, 5.74) is 1.93. The van der Waals surface area contributed by atoms with Crippen LogP contribution in [-0.2, 0) is 0 Å². The van der Waals surface area contributed by atoms with Gasteiger partial charge in [0.1, 0.15) is 6.07 Å². The summed E-state index contributed by atoms with van der Waals surface area (Å²) >= 11 is 3.45. The molecule has 1 aromatic rings. The Bertz CT molecular complexity index is 468. The topological polar surface area (TPSA) is 39.1 Å². The van der Waals surface area contributed by atoms with Crippen LogP contribution < -0.4 is 10.2 Å². The van der Waals surface area contributed by atoms with Gasteiger partial charge in [0.05, 0.1) is 5.56 Å². The van der Waals surface area contributed by atoms with Gasteiger partial charge < -0.3 is 10.2 Å². The van der Waals surface area contributed by atoms with Crippen LogP contribution in [0.25, 0.3) is 0 Å². The molecule has 0 aliphatic carbocycles. The molecule has 3 rings (SSSR count). The van der Waals surface area contributed by atoms with E-state index in [1.54, 1.807) is 0 Å². The number of nitrogens with zero attached hydrogens (tertiary/aromatic N) is 2. The first kappa shape index (κ1) is 11.1. The summed E-state index contributed by atoms with van der Waals surface area (Å²) in [4.78, 5) is 2.43. The number of rotatable bonds is 1. The zero-order chi connectivity index (χ0) is 11.8. The lowest BCUT2D eigenvalue weighted by Gasteiger charge is -2.20. The minimum Gasteiger partial charge on any atom is -0.371 e. The van der Waals surface area contributed by atoms with Crippen molar-refractivity contribution in [3.05, 3.63) is 28.2 Å². The molecule has 1 N–H and O–H groups in total. The molecule has 2 fully saturated rings. The van der Waals surface area contributed by atoms with E-state index in [4.69, 9.17) is 5.26 Å². The molecule has 0 amide bonds. The molecule has 2 atom stereocenters. The molecule has 2 aliphatic heterocycles. The summed E-state index contributed by atoms with van der Waals surface area (Å²) in [6.07, 6.45) is 0. The van der Waals surface area contributed by atoms with E-state index in [2.05, 4.69) is 44.3 Å². The summed E-state index contributed by atoms with van der Waals surface area (Å²) in [5, 5.41) is 12.4. The molecule has 0 spiro atoms. The minimum absolute atomic E-state index is 0.704. The molecule has 88 valence electrons. The molecule has 17 heavy (non-hydrogen) atoms. The van der Waals surface area contributed by atoms with Gasteiger partial charge in [-0.2, -0.15) is 5.26 Å². The van der Waals surface area contributed by atoms with E-state index in [0.29, 0.717) is 5.56 Å². The predicted octanol–water partition coefficient (Wildman–Crippen LogP) is 1.98. The van der Waals surface area contributed by atoms with Crippen molar-refractivity contribution in [3.8, 4) is 6.07 Å². The van der Waals surface area contributed by atoms with Crippen LogP contribution in [0.4, 0.5) is 5.69 Å². The maximum absolute atomic E-state index is 8.90. The zero-order valence-corrected chi connectivity index (χ0v) is 11.1. The van der Waals surface area contributed by atoms with Gasteiger partial charge in [-0.1, -0.05) is 0 Å². The van der Waals surface area contributed by atoms with Crippen molar-refractivity contribution in [1.29, 1.82) is 5.26 Å². The van der Waals surface area contributed by atoms with Gasteiger partial charge in [-0.15, -0.1) is 0 Å². The molecule has 1 aromatic carbocycles. The van der Waals surface area contributed by atoms with Crippen molar-refractivity contribution in [3.63, 3.8) is 0 Å². The van der Waals surface area contributed by atoms with Gasteiger partial charge in [-0.25, -0.2) is 0 Å². The average Bonchev–Trinajstić information content (AvgIpc) is 2.88. The molecule has 0 bridgehead atoms. The highest BCUT2D eigenvalue weighted by Crippen LogP contribution is 2.32. The smallest absolute Gasteiger partial charge is 0.100 e. The molecule has 0 unspecified atom stereocenters. The fourth-order valence-electron chi connectivity index (χ4n) is 2.86. The zero-order valence-electron chi connectivity index (χ0n) is 9.49. The lowest BCUT2D eigenvalue weighted by molar-refractivity contribution is 0.533. The molecular formula is C13H14BrN3. The lowest BCUT2D eigenvalue weighted by atomic mass is 10.0. The summed E-state index contributed by atoms with van der Waals surface area (Å²) in [7, 11) is 0. The van der Waals surface area contributed by atoms with Crippen LogP contribution in [0.1, 0.15) is 5.56 Å². The van der Waals surface area contributed by atoms with Gasteiger partial charge in [-0.3, -0.25) is 0 Å². The van der Waals surface area contributed by atoms with E-state index < -0.39 is 0 Å². The summed E-state index contributed by atoms with van der Waals surface area (Å²) in [5.74, 6) is 1.59. The number of hydrogen-bond acceptors (Lipinski definition) is 3. The van der Waals surface area contributed by atoms with Crippen molar-refractivity contribution < 1.29 is 0 Å². The van der Waals surface area contributed by atoms with Gasteiger partial charge in [0.25, 0.3) is 0 Å². The van der Waals surface area contributed by atoms with E-state index in [1.165, 1.54) is 5.69 Å². The quantitative estimate of drug-likeness (QED) is 0.860. The number of fused-ring (bicyclic) bond motifs is 1. The van der Waals surface area contributed by atoms with Crippen LogP contribution in [0.2, 0.25) is 0 Å². The number of hydrogen-bond donors (Lipinski definition) is 1. The highest BCUT2D eigenvalue weighted by atomic mass is 79.9. The van der Waals surface area contributed by atoms with Crippen molar-refractivity contribution in [2.24, 2.45) is 11.8 Å². The molecule has 4 heteroatoms. The highest BCUT2D eigenvalue weighted by Gasteiger charge is 2.36. The van der Waals surface area contributed by atoms with Gasteiger partial charge in [-0.05, 0) is 46.0 Å². The maximum Gasteiger partial charge on any atom is 0.100 e. The van der Waals surface area contributed by atoms with Crippen molar-refractivity contribution >= 4 is 21.6 Å². The van der Waals surface area contributed by atoms with Crippen molar-refractivity contribution in [2.75, 3.05) is 31.1 Å². The summed E-state index contributed by atoms with van der Waals surface area (Å²) in [6.45, 7) is 4.57. The minimum atomic E-state index is 0.704. The molecule has 2 saturated heterocycles. The first-order valence-corrected chi connectivity index (χ1v) is 6.72. The SMILES string of the molecule is N#Cc1ccc(N2C[C@H]3CNC[C@H]3C2)cc1Br. The van der Waals surface area contributed by atoms with Crippen molar-refractivity contribution in [1.82, 2.24) is 5.32 Å². The molecule has 3 nitrogen and oxygen atoms in total. The van der Waals surface area contributed by atoms with E-state index in [0.717, 1.165) is 42.5 Å². The second-order valence-corrected chi connectivity index (χ2v) is 5.71. The van der Waals surface area contributed by atoms with E-state index in [1.807, 2.05) is 6.07 Å². The fourth-order valence-corrected chi connectivity index (χ4v) is 3.31. The second-order valence-electron chi connectivity index (χ2n) is 4.86. The Balaban J connectivity index is 1.82. The number of nitrogens with one attached hydrogen (secondary N) is 1. The first-order chi connectivity index (χ1) is 8.28. The third kappa shape index (κ3) is 1.94. The molecular weight excluding hydrogens is 278 g/mol. The highest BCUT2D eigenvalue weighted by molar-refractivity contribution is 9.10. The Labute approximate surface area is 110 Å². The second kappa shape index (κ2) is 4.32. The third-order valence-corrected chi connectivity index (χ3v) is 4.48. The van der Waals surface area contributed by atoms with Crippen molar-refractivity contribution in [2.45, 2.75) is 0 Å². The summed E-state index contributed by atoms with van der Waals surface area (Å²) < 4.78 is 0.896. The van der Waals surface area contributed by atoms with E-state index in [9.17, 15) is 0 Å². The Hall–Kier alpha value is -1.05. The van der Waals surface area contributed by atoms with Gasteiger partial charge in [0.2, 0.25) is 0 Å². The van der Waals surface area contributed by atoms with Crippen LogP contribution in [0, 0.1) is 23.2 Å². The molecule has 0 aromatic heterocycles. The van der Waals surface area contributed by atoms with E-state index >= 15 is 0 Å². The Kier molecular flexibility index (Phi) is 2.81. The first-order valence-electron chi connectivity index (χ1n) is 5.93. The number of benzene rings is 1. The van der Waals surface area contributed by atoms with E-state index in [-0.39, 0.29) is 0 Å². The Morgan fingerprint density at radius 1 is 1.29 bits per heavy atom. The number of anilines is 1. The molecule has 0 radical (unpaired) electrons. The lowest BCUT2D eigenvalue weighted by Crippen LogP contribution is -2.25. The van der Waals surface area contributed by atoms with Crippen LogP contribution in [0.15, 0.2) is 22.7 Å². The molecule has 2 heterocycles. The van der Waals surface area contributed by atoms with Gasteiger partial charge in [0, 0.05) is 36.3 Å². The Morgan fingerprint density at radius 2 is 2.00 bits per heavy atom. The third-order valence-electron chi connectivity index (χ3n) is 3.83. The predicted molar refractivity (Wildman–Crippen MR) is 70.9 cm³/mol. The van der Waals surface area contributed by atoms with Crippen LogP contribution >= 0.6 is 15.9 Å². The van der Waals surface area contributed by atoms with Crippen LogP contribution in [0.5, 0.6) is 0 Å². The fraction of sp³-hybridized carbons (Fsp3) is 0.462.